The Morgan fingerprint density at radius 2 is 1.69 bits per heavy atom. The Bertz CT molecular complexity index is 658. The summed E-state index contributed by atoms with van der Waals surface area (Å²) in [5, 5.41) is 0. The molecule has 1 saturated heterocycles. The first kappa shape index (κ1) is 21.1. The standard InChI is InChI=1S/C22H32BrNO5/c1-2-28-20(27)17-3-5-24(6-4-17)18(25)13-29-19(26)12-21-8-15-7-16(9-21)11-22(23,10-15)14-21/h15-17H,2-14H2,1H3. The van der Waals surface area contributed by atoms with Gasteiger partial charge in [0.2, 0.25) is 0 Å². The molecule has 162 valence electrons. The maximum Gasteiger partial charge on any atom is 0.309 e. The largest absolute Gasteiger partial charge is 0.466 e. The number of hydrogen-bond acceptors (Lipinski definition) is 5. The molecule has 0 aromatic carbocycles. The van der Waals surface area contributed by atoms with Crippen LogP contribution in [0.2, 0.25) is 0 Å². The Hall–Kier alpha value is -1.11. The number of esters is 2. The first-order valence-corrected chi connectivity index (χ1v) is 11.9. The Morgan fingerprint density at radius 3 is 2.28 bits per heavy atom. The molecule has 0 aromatic rings. The highest BCUT2D eigenvalue weighted by atomic mass is 79.9. The topological polar surface area (TPSA) is 72.9 Å². The van der Waals surface area contributed by atoms with Crippen LogP contribution in [0, 0.1) is 23.2 Å². The molecular weight excluding hydrogens is 438 g/mol. The Labute approximate surface area is 181 Å². The first-order valence-electron chi connectivity index (χ1n) is 11.1. The fraction of sp³-hybridized carbons (Fsp3) is 0.864. The van der Waals surface area contributed by atoms with Crippen molar-refractivity contribution in [2.75, 3.05) is 26.3 Å². The lowest BCUT2D eigenvalue weighted by molar-refractivity contribution is -0.158. The van der Waals surface area contributed by atoms with Crippen molar-refractivity contribution >= 4 is 33.8 Å². The van der Waals surface area contributed by atoms with Gasteiger partial charge in [0.15, 0.2) is 6.61 Å². The van der Waals surface area contributed by atoms with Crippen molar-refractivity contribution in [2.24, 2.45) is 23.2 Å². The van der Waals surface area contributed by atoms with E-state index >= 15 is 0 Å². The second-order valence-electron chi connectivity index (χ2n) is 9.86. The molecule has 5 fully saturated rings. The van der Waals surface area contributed by atoms with Gasteiger partial charge in [-0.2, -0.15) is 0 Å². The lowest BCUT2D eigenvalue weighted by atomic mass is 9.49. The number of nitrogens with zero attached hydrogens (tertiary/aromatic N) is 1. The Balaban J connectivity index is 1.22. The predicted octanol–water partition coefficient (Wildman–Crippen LogP) is 3.46. The smallest absolute Gasteiger partial charge is 0.309 e. The number of likely N-dealkylation sites (tertiary alicyclic amines) is 1. The van der Waals surface area contributed by atoms with Gasteiger partial charge in [-0.05, 0) is 75.5 Å². The second-order valence-corrected chi connectivity index (χ2v) is 11.5. The normalized spacial score (nSPS) is 36.1. The summed E-state index contributed by atoms with van der Waals surface area (Å²) in [5.41, 5.74) is 0.0612. The van der Waals surface area contributed by atoms with Crippen LogP contribution in [-0.2, 0) is 23.9 Å². The fourth-order valence-corrected chi connectivity index (χ4v) is 8.27. The zero-order valence-corrected chi connectivity index (χ0v) is 18.9. The quantitative estimate of drug-likeness (QED) is 0.439. The Morgan fingerprint density at radius 1 is 1.03 bits per heavy atom. The van der Waals surface area contributed by atoms with Crippen LogP contribution >= 0.6 is 15.9 Å². The first-order chi connectivity index (χ1) is 13.8. The molecule has 5 rings (SSSR count). The van der Waals surface area contributed by atoms with Crippen LogP contribution in [0.25, 0.3) is 0 Å². The molecule has 1 aliphatic heterocycles. The number of halogens is 1. The Kier molecular flexibility index (Phi) is 5.97. The minimum absolute atomic E-state index is 0.0612. The molecule has 0 radical (unpaired) electrons. The fourth-order valence-electron chi connectivity index (χ4n) is 6.76. The van der Waals surface area contributed by atoms with Gasteiger partial charge in [0.1, 0.15) is 0 Å². The number of piperidine rings is 1. The van der Waals surface area contributed by atoms with E-state index in [0.717, 1.165) is 31.1 Å². The molecule has 4 aliphatic carbocycles. The molecule has 4 bridgehead atoms. The molecule has 0 N–H and O–H groups in total. The molecule has 0 spiro atoms. The summed E-state index contributed by atoms with van der Waals surface area (Å²) in [5.74, 6) is 0.748. The van der Waals surface area contributed by atoms with Crippen molar-refractivity contribution < 1.29 is 23.9 Å². The van der Waals surface area contributed by atoms with Gasteiger partial charge in [-0.1, -0.05) is 15.9 Å². The van der Waals surface area contributed by atoms with Crippen LogP contribution in [-0.4, -0.2) is 53.4 Å². The van der Waals surface area contributed by atoms with Gasteiger partial charge in [-0.25, -0.2) is 0 Å². The lowest BCUT2D eigenvalue weighted by Crippen LogP contribution is -2.53. The highest BCUT2D eigenvalue weighted by molar-refractivity contribution is 9.10. The summed E-state index contributed by atoms with van der Waals surface area (Å²) in [6.45, 7) is 3.02. The van der Waals surface area contributed by atoms with Crippen LogP contribution in [0.15, 0.2) is 0 Å². The monoisotopic (exact) mass is 469 g/mol. The third-order valence-electron chi connectivity index (χ3n) is 7.45. The SMILES string of the molecule is CCOC(=O)C1CCN(C(=O)COC(=O)CC23CC4CC(CC(Br)(C4)C2)C3)CC1. The molecule has 2 unspecified atom stereocenters. The zero-order valence-electron chi connectivity index (χ0n) is 17.3. The van der Waals surface area contributed by atoms with Crippen LogP contribution in [0.4, 0.5) is 0 Å². The molecule has 7 heteroatoms. The maximum absolute atomic E-state index is 12.6. The number of carbonyl (C=O) groups excluding carboxylic acids is 3. The average molecular weight is 470 g/mol. The molecule has 1 heterocycles. The summed E-state index contributed by atoms with van der Waals surface area (Å²) in [6, 6.07) is 0. The highest BCUT2D eigenvalue weighted by Crippen LogP contribution is 2.65. The van der Waals surface area contributed by atoms with Gasteiger partial charge in [-0.3, -0.25) is 14.4 Å². The van der Waals surface area contributed by atoms with Crippen molar-refractivity contribution in [3.8, 4) is 0 Å². The molecule has 5 aliphatic rings. The summed E-state index contributed by atoms with van der Waals surface area (Å²) in [6.07, 6.45) is 8.74. The minimum Gasteiger partial charge on any atom is -0.466 e. The zero-order chi connectivity index (χ0) is 20.6. The van der Waals surface area contributed by atoms with Crippen LogP contribution in [0.3, 0.4) is 0 Å². The molecule has 4 saturated carbocycles. The van der Waals surface area contributed by atoms with Gasteiger partial charge in [0.25, 0.3) is 5.91 Å². The number of carbonyl (C=O) groups is 3. The van der Waals surface area contributed by atoms with E-state index in [9.17, 15) is 14.4 Å². The third kappa shape index (κ3) is 4.64. The van der Waals surface area contributed by atoms with Gasteiger partial charge in [0, 0.05) is 17.4 Å². The van der Waals surface area contributed by atoms with E-state index in [4.69, 9.17) is 9.47 Å². The van der Waals surface area contributed by atoms with Gasteiger partial charge >= 0.3 is 11.9 Å². The van der Waals surface area contributed by atoms with Crippen molar-refractivity contribution in [2.45, 2.75) is 69.0 Å². The van der Waals surface area contributed by atoms with E-state index in [-0.39, 0.29) is 40.1 Å². The van der Waals surface area contributed by atoms with E-state index in [1.165, 1.54) is 19.3 Å². The summed E-state index contributed by atoms with van der Waals surface area (Å²) in [7, 11) is 0. The van der Waals surface area contributed by atoms with E-state index < -0.39 is 0 Å². The van der Waals surface area contributed by atoms with Crippen LogP contribution in [0.5, 0.6) is 0 Å². The van der Waals surface area contributed by atoms with Gasteiger partial charge in [0.05, 0.1) is 18.9 Å². The molecule has 2 atom stereocenters. The maximum atomic E-state index is 12.6. The van der Waals surface area contributed by atoms with Crippen LogP contribution < -0.4 is 0 Å². The lowest BCUT2D eigenvalue weighted by Gasteiger charge is -2.60. The van der Waals surface area contributed by atoms with Gasteiger partial charge in [-0.15, -0.1) is 0 Å². The summed E-state index contributed by atoms with van der Waals surface area (Å²) < 4.78 is 10.7. The molecule has 1 amide bonds. The van der Waals surface area contributed by atoms with E-state index in [1.54, 1.807) is 11.8 Å². The van der Waals surface area contributed by atoms with E-state index in [2.05, 4.69) is 15.9 Å². The molecule has 0 aromatic heterocycles. The van der Waals surface area contributed by atoms with Crippen molar-refractivity contribution in [3.05, 3.63) is 0 Å². The number of amides is 1. The average Bonchev–Trinajstić information content (AvgIpc) is 2.64. The predicted molar refractivity (Wildman–Crippen MR) is 110 cm³/mol. The van der Waals surface area contributed by atoms with E-state index in [0.29, 0.717) is 39.0 Å². The molecule has 29 heavy (non-hydrogen) atoms. The number of ether oxygens (including phenoxy) is 2. The summed E-state index contributed by atoms with van der Waals surface area (Å²) >= 11 is 3.98. The van der Waals surface area contributed by atoms with Crippen molar-refractivity contribution in [3.63, 3.8) is 0 Å². The minimum atomic E-state index is -0.238. The molecular formula is C22H32BrNO5. The summed E-state index contributed by atoms with van der Waals surface area (Å²) in [4.78, 5) is 38.5. The van der Waals surface area contributed by atoms with Gasteiger partial charge < -0.3 is 14.4 Å². The van der Waals surface area contributed by atoms with Crippen LogP contribution in [0.1, 0.15) is 64.7 Å². The number of rotatable bonds is 6. The van der Waals surface area contributed by atoms with Crippen molar-refractivity contribution in [1.82, 2.24) is 4.90 Å². The third-order valence-corrected chi connectivity index (χ3v) is 8.38. The highest BCUT2D eigenvalue weighted by Gasteiger charge is 2.57. The van der Waals surface area contributed by atoms with Crippen molar-refractivity contribution in [1.29, 1.82) is 0 Å². The molecule has 6 nitrogen and oxygen atoms in total. The second kappa shape index (κ2) is 8.20. The number of hydrogen-bond donors (Lipinski definition) is 0. The van der Waals surface area contributed by atoms with E-state index in [1.807, 2.05) is 0 Å². The number of alkyl halides is 1.